The Morgan fingerprint density at radius 1 is 0.667 bits per heavy atom. The Kier molecular flexibility index (Phi) is 23.1. The molecule has 8 heteroatoms. The molecule has 0 saturated carbocycles. The number of esters is 2. The van der Waals surface area contributed by atoms with E-state index in [4.69, 9.17) is 14.2 Å². The second-order valence-corrected chi connectivity index (χ2v) is 11.7. The minimum absolute atomic E-state index is 0.0473. The fraction of sp³-hybridized carbons (Fsp3) is 0.903. The zero-order chi connectivity index (χ0) is 29.4. The Bertz CT molecular complexity index is 633. The summed E-state index contributed by atoms with van der Waals surface area (Å²) in [4.78, 5) is 36.2. The van der Waals surface area contributed by atoms with Crippen molar-refractivity contribution in [1.29, 1.82) is 0 Å². The van der Waals surface area contributed by atoms with Crippen LogP contribution in [0.3, 0.4) is 0 Å². The molecule has 0 rings (SSSR count). The quantitative estimate of drug-likeness (QED) is 0.0682. The summed E-state index contributed by atoms with van der Waals surface area (Å²) in [5, 5.41) is 9.49. The fourth-order valence-corrected chi connectivity index (χ4v) is 4.50. The van der Waals surface area contributed by atoms with Gasteiger partial charge < -0.3 is 23.8 Å². The highest BCUT2D eigenvalue weighted by Gasteiger charge is 2.31. The summed E-state index contributed by atoms with van der Waals surface area (Å²) in [5.41, 5.74) is 0. The monoisotopic (exact) mass is 558 g/mol. The summed E-state index contributed by atoms with van der Waals surface area (Å²) in [6.45, 7) is 4.59. The van der Waals surface area contributed by atoms with Crippen LogP contribution in [0, 0.1) is 0 Å². The number of aliphatic carboxylic acids is 1. The number of carbonyl (C=O) groups excluding carboxylic acids is 2. The molecule has 0 aromatic rings. The Hall–Kier alpha value is -1.67. The van der Waals surface area contributed by atoms with Crippen LogP contribution in [0.2, 0.25) is 0 Å². The van der Waals surface area contributed by atoms with Crippen molar-refractivity contribution in [2.24, 2.45) is 0 Å². The van der Waals surface area contributed by atoms with E-state index in [1.165, 1.54) is 51.4 Å². The predicted molar refractivity (Wildman–Crippen MR) is 156 cm³/mol. The average molecular weight is 559 g/mol. The van der Waals surface area contributed by atoms with Crippen molar-refractivity contribution >= 4 is 17.9 Å². The van der Waals surface area contributed by atoms with Crippen molar-refractivity contribution < 1.29 is 38.2 Å². The molecule has 0 aliphatic heterocycles. The number of unbranched alkanes of at least 4 members (excludes halogenated alkanes) is 13. The summed E-state index contributed by atoms with van der Waals surface area (Å²) < 4.78 is 16.9. The average Bonchev–Trinajstić information content (AvgIpc) is 2.87. The lowest BCUT2D eigenvalue weighted by atomic mass is 10.1. The van der Waals surface area contributed by atoms with E-state index >= 15 is 0 Å². The molecule has 0 bridgehead atoms. The normalized spacial score (nSPS) is 13.2. The molecule has 0 aliphatic carbocycles. The van der Waals surface area contributed by atoms with Gasteiger partial charge in [0.15, 0.2) is 12.1 Å². The second kappa shape index (κ2) is 24.2. The number of ether oxygens (including phenoxy) is 3. The van der Waals surface area contributed by atoms with Crippen molar-refractivity contribution in [1.82, 2.24) is 0 Å². The van der Waals surface area contributed by atoms with Crippen molar-refractivity contribution in [3.05, 3.63) is 0 Å². The Morgan fingerprint density at radius 3 is 1.62 bits per heavy atom. The number of rotatable bonds is 27. The molecule has 2 atom stereocenters. The molecule has 0 aromatic carbocycles. The first-order valence-corrected chi connectivity index (χ1v) is 15.6. The maximum absolute atomic E-state index is 12.5. The van der Waals surface area contributed by atoms with Gasteiger partial charge in [0, 0.05) is 19.3 Å². The molecule has 0 amide bonds. The molecular weight excluding hydrogens is 498 g/mol. The van der Waals surface area contributed by atoms with Crippen LogP contribution in [-0.2, 0) is 28.6 Å². The number of nitrogens with zero attached hydrogens (tertiary/aromatic N) is 1. The third-order valence-electron chi connectivity index (χ3n) is 7.01. The molecule has 0 heterocycles. The van der Waals surface area contributed by atoms with Gasteiger partial charge in [0.2, 0.25) is 0 Å². The van der Waals surface area contributed by atoms with Crippen LogP contribution in [0.25, 0.3) is 0 Å². The minimum Gasteiger partial charge on any atom is -0.477 e. The van der Waals surface area contributed by atoms with Crippen LogP contribution in [0.1, 0.15) is 129 Å². The number of hydrogen-bond donors (Lipinski definition) is 1. The molecule has 230 valence electrons. The third kappa shape index (κ3) is 22.8. The summed E-state index contributed by atoms with van der Waals surface area (Å²) in [7, 11) is 5.49. The van der Waals surface area contributed by atoms with E-state index in [1.54, 1.807) is 0 Å². The van der Waals surface area contributed by atoms with Crippen molar-refractivity contribution in [2.75, 3.05) is 41.0 Å². The van der Waals surface area contributed by atoms with E-state index < -0.39 is 18.1 Å². The number of carboxylic acid groups (broad SMARTS) is 1. The first kappa shape index (κ1) is 37.3. The number of carboxylic acids is 1. The van der Waals surface area contributed by atoms with Crippen molar-refractivity contribution in [3.8, 4) is 0 Å². The Morgan fingerprint density at radius 2 is 1.13 bits per heavy atom. The number of hydrogen-bond acceptors (Lipinski definition) is 6. The Balaban J connectivity index is 4.42. The highest BCUT2D eigenvalue weighted by atomic mass is 16.6. The van der Waals surface area contributed by atoms with Gasteiger partial charge in [-0.05, 0) is 12.8 Å². The van der Waals surface area contributed by atoms with E-state index in [1.807, 2.05) is 21.1 Å². The zero-order valence-electron chi connectivity index (χ0n) is 25.8. The third-order valence-corrected chi connectivity index (χ3v) is 7.01. The molecule has 0 aromatic heterocycles. The molecule has 0 fully saturated rings. The van der Waals surface area contributed by atoms with E-state index in [9.17, 15) is 19.5 Å². The van der Waals surface area contributed by atoms with E-state index in [2.05, 4.69) is 13.8 Å². The van der Waals surface area contributed by atoms with Gasteiger partial charge in [0.05, 0.1) is 34.4 Å². The van der Waals surface area contributed by atoms with Crippen LogP contribution >= 0.6 is 0 Å². The van der Waals surface area contributed by atoms with E-state index in [0.717, 1.165) is 44.9 Å². The molecular formula is C31H60NO7+. The summed E-state index contributed by atoms with van der Waals surface area (Å²) in [6.07, 6.45) is 17.6. The number of quaternary nitrogens is 1. The second-order valence-electron chi connectivity index (χ2n) is 11.7. The molecule has 0 aliphatic rings. The molecule has 39 heavy (non-hydrogen) atoms. The lowest BCUT2D eigenvalue weighted by molar-refractivity contribution is -0.887. The van der Waals surface area contributed by atoms with Crippen LogP contribution in [0.15, 0.2) is 0 Å². The maximum atomic E-state index is 12.5. The van der Waals surface area contributed by atoms with Gasteiger partial charge >= 0.3 is 17.9 Å². The number of carbonyl (C=O) groups is 3. The van der Waals surface area contributed by atoms with Gasteiger partial charge in [0.1, 0.15) is 6.61 Å². The van der Waals surface area contributed by atoms with Crippen LogP contribution < -0.4 is 0 Å². The molecule has 2 unspecified atom stereocenters. The maximum Gasteiger partial charge on any atom is 0.362 e. The highest BCUT2D eigenvalue weighted by molar-refractivity contribution is 5.72. The van der Waals surface area contributed by atoms with Crippen molar-refractivity contribution in [3.63, 3.8) is 0 Å². The lowest BCUT2D eigenvalue weighted by Crippen LogP contribution is -2.50. The van der Waals surface area contributed by atoms with Gasteiger partial charge in [-0.25, -0.2) is 4.79 Å². The minimum atomic E-state index is -0.877. The fourth-order valence-electron chi connectivity index (χ4n) is 4.50. The van der Waals surface area contributed by atoms with Crippen LogP contribution in [-0.4, -0.2) is 80.6 Å². The van der Waals surface area contributed by atoms with E-state index in [0.29, 0.717) is 19.3 Å². The summed E-state index contributed by atoms with van der Waals surface area (Å²) >= 11 is 0. The zero-order valence-corrected chi connectivity index (χ0v) is 25.8. The van der Waals surface area contributed by atoms with E-state index in [-0.39, 0.29) is 36.2 Å². The number of likely N-dealkylation sites (N-methyl/N-ethyl adjacent to an activating group) is 1. The van der Waals surface area contributed by atoms with Crippen LogP contribution in [0.5, 0.6) is 0 Å². The molecule has 0 saturated heterocycles. The molecule has 0 radical (unpaired) electrons. The van der Waals surface area contributed by atoms with Crippen LogP contribution in [0.4, 0.5) is 0 Å². The smallest absolute Gasteiger partial charge is 0.362 e. The topological polar surface area (TPSA) is 99.1 Å². The van der Waals surface area contributed by atoms with Gasteiger partial charge in [-0.1, -0.05) is 97.3 Å². The van der Waals surface area contributed by atoms with Gasteiger partial charge in [-0.2, -0.15) is 0 Å². The highest BCUT2D eigenvalue weighted by Crippen LogP contribution is 2.13. The molecule has 8 nitrogen and oxygen atoms in total. The standard InChI is InChI=1S/C31H59NO7/c1-6-8-10-12-13-14-15-16-17-18-20-22-30(34)39-27(26-38-29(33)21-19-11-9-7-2)25-37-24-23-28(31(35)36)32(3,4)5/h27-28H,6-26H2,1-5H3/p+1. The summed E-state index contributed by atoms with van der Waals surface area (Å²) in [6, 6.07) is -0.604. The lowest BCUT2D eigenvalue weighted by Gasteiger charge is -2.31. The SMILES string of the molecule is CCCCCCCCCCCCCC(=O)OC(COCCC(C(=O)O)[N+](C)(C)C)COC(=O)CCCCCC. The predicted octanol–water partition coefficient (Wildman–Crippen LogP) is 6.68. The van der Waals surface area contributed by atoms with Gasteiger partial charge in [-0.15, -0.1) is 0 Å². The Labute approximate surface area is 238 Å². The summed E-state index contributed by atoms with van der Waals surface area (Å²) in [5.74, 6) is -1.49. The first-order chi connectivity index (χ1) is 18.6. The first-order valence-electron chi connectivity index (χ1n) is 15.6. The largest absolute Gasteiger partial charge is 0.477 e. The van der Waals surface area contributed by atoms with Crippen molar-refractivity contribution in [2.45, 2.75) is 142 Å². The molecule has 0 spiro atoms. The van der Waals surface area contributed by atoms with Gasteiger partial charge in [0.25, 0.3) is 0 Å². The van der Waals surface area contributed by atoms with Gasteiger partial charge in [-0.3, -0.25) is 9.59 Å². The molecule has 1 N–H and O–H groups in total.